The zero-order valence-corrected chi connectivity index (χ0v) is 21.9. The van der Waals surface area contributed by atoms with Crippen LogP contribution >= 0.6 is 11.3 Å². The van der Waals surface area contributed by atoms with Crippen LogP contribution < -0.4 is 14.8 Å². The van der Waals surface area contributed by atoms with Crippen LogP contribution in [0, 0.1) is 17.8 Å². The molecular formula is C26H24F2N6O4S. The van der Waals surface area contributed by atoms with Crippen molar-refractivity contribution in [1.29, 1.82) is 0 Å². The van der Waals surface area contributed by atoms with Crippen LogP contribution in [0.4, 0.5) is 13.9 Å². The van der Waals surface area contributed by atoms with E-state index in [9.17, 15) is 18.4 Å². The molecule has 0 spiro atoms. The van der Waals surface area contributed by atoms with Gasteiger partial charge in [0, 0.05) is 42.8 Å². The average Bonchev–Trinajstić information content (AvgIpc) is 3.58. The van der Waals surface area contributed by atoms with Gasteiger partial charge >= 0.3 is 0 Å². The number of anilines is 1. The Labute approximate surface area is 226 Å². The van der Waals surface area contributed by atoms with Crippen molar-refractivity contribution >= 4 is 28.3 Å². The van der Waals surface area contributed by atoms with Gasteiger partial charge in [0.25, 0.3) is 12.3 Å². The second-order valence-electron chi connectivity index (χ2n) is 9.10. The maximum atomic E-state index is 13.5. The maximum Gasteiger partial charge on any atom is 0.280 e. The number of carbonyl (C=O) groups is 2. The summed E-state index contributed by atoms with van der Waals surface area (Å²) in [6, 6.07) is 2.52. The molecule has 0 radical (unpaired) electrons. The van der Waals surface area contributed by atoms with Gasteiger partial charge in [0.2, 0.25) is 16.9 Å². The highest BCUT2D eigenvalue weighted by molar-refractivity contribution is 7.15. The lowest BCUT2D eigenvalue weighted by Crippen LogP contribution is -2.33. The van der Waals surface area contributed by atoms with Crippen LogP contribution in [0.25, 0.3) is 11.1 Å². The highest BCUT2D eigenvalue weighted by atomic mass is 32.1. The van der Waals surface area contributed by atoms with E-state index in [1.54, 1.807) is 11.9 Å². The summed E-state index contributed by atoms with van der Waals surface area (Å²) in [6.07, 6.45) is 2.86. The van der Waals surface area contributed by atoms with Crippen molar-refractivity contribution in [2.45, 2.75) is 38.2 Å². The third-order valence-electron chi connectivity index (χ3n) is 6.41. The number of amides is 2. The van der Waals surface area contributed by atoms with E-state index in [-0.39, 0.29) is 52.0 Å². The molecule has 0 aromatic carbocycles. The van der Waals surface area contributed by atoms with E-state index < -0.39 is 18.0 Å². The number of hydrogen-bond donors (Lipinski definition) is 1. The zero-order valence-electron chi connectivity index (χ0n) is 21.1. The standard InChI is InChI=1S/C26H24F2N6O4S/c1-34-15(6-8-23(34)35)13-38-21-10-16(17-9-19(24(27)28)29-12-20(17)37-2)18(11-30-21)25(36)31-26-33-32-22(39-26)7-5-14-3-4-14/h9-12,14-15,24H,3-4,6,8,13H2,1-2H3,(H,31,33,36)/t15-/m0/s1. The molecule has 4 heterocycles. The number of aromatic nitrogens is 4. The minimum absolute atomic E-state index is 0.0312. The lowest BCUT2D eigenvalue weighted by molar-refractivity contribution is -0.127. The van der Waals surface area contributed by atoms with Gasteiger partial charge in [0.05, 0.1) is 24.9 Å². The number of nitrogens with one attached hydrogen (secondary N) is 1. The molecule has 1 atom stereocenters. The Hall–Kier alpha value is -4.18. The number of pyridine rings is 2. The molecule has 1 saturated carbocycles. The Morgan fingerprint density at radius 3 is 2.72 bits per heavy atom. The van der Waals surface area contributed by atoms with Gasteiger partial charge in [-0.2, -0.15) is 0 Å². The second kappa shape index (κ2) is 11.3. The SMILES string of the molecule is COc1cnc(C(F)F)cc1-c1cc(OC[C@@H]2CCC(=O)N2C)ncc1C(=O)Nc1nnc(C#CC2CC2)s1. The van der Waals surface area contributed by atoms with Crippen LogP contribution in [0.2, 0.25) is 0 Å². The van der Waals surface area contributed by atoms with Crippen molar-refractivity contribution in [1.82, 2.24) is 25.1 Å². The monoisotopic (exact) mass is 554 g/mol. The molecule has 202 valence electrons. The molecule has 1 aliphatic heterocycles. The summed E-state index contributed by atoms with van der Waals surface area (Å²) in [4.78, 5) is 34.8. The van der Waals surface area contributed by atoms with Gasteiger partial charge in [0.15, 0.2) is 5.01 Å². The second-order valence-corrected chi connectivity index (χ2v) is 10.1. The smallest absolute Gasteiger partial charge is 0.280 e. The van der Waals surface area contributed by atoms with E-state index >= 15 is 0 Å². The number of methoxy groups -OCH3 is 1. The number of alkyl halides is 2. The van der Waals surface area contributed by atoms with E-state index in [0.29, 0.717) is 23.8 Å². The molecule has 0 unspecified atom stereocenters. The maximum absolute atomic E-state index is 13.5. The quantitative estimate of drug-likeness (QED) is 0.416. The van der Waals surface area contributed by atoms with E-state index in [2.05, 4.69) is 37.3 Å². The first-order valence-electron chi connectivity index (χ1n) is 12.2. The minimum atomic E-state index is -2.84. The Morgan fingerprint density at radius 2 is 2.03 bits per heavy atom. The molecule has 5 rings (SSSR count). The van der Waals surface area contributed by atoms with Gasteiger partial charge in [0.1, 0.15) is 18.1 Å². The van der Waals surface area contributed by atoms with E-state index in [1.165, 1.54) is 31.6 Å². The third-order valence-corrected chi connectivity index (χ3v) is 7.16. The van der Waals surface area contributed by atoms with Gasteiger partial charge < -0.3 is 14.4 Å². The predicted octanol–water partition coefficient (Wildman–Crippen LogP) is 3.95. The summed E-state index contributed by atoms with van der Waals surface area (Å²) in [7, 11) is 3.08. The van der Waals surface area contributed by atoms with Crippen LogP contribution in [0.15, 0.2) is 24.5 Å². The van der Waals surface area contributed by atoms with Crippen molar-refractivity contribution in [3.8, 4) is 34.6 Å². The number of carbonyl (C=O) groups excluding carboxylic acids is 2. The molecule has 2 aliphatic rings. The minimum Gasteiger partial charge on any atom is -0.494 e. The normalized spacial score (nSPS) is 16.7. The number of likely N-dealkylation sites (tertiary alicyclic amines) is 1. The van der Waals surface area contributed by atoms with Gasteiger partial charge in [-0.05, 0) is 31.2 Å². The van der Waals surface area contributed by atoms with Crippen molar-refractivity contribution in [2.75, 3.05) is 26.1 Å². The summed E-state index contributed by atoms with van der Waals surface area (Å²) in [5, 5.41) is 11.4. The largest absolute Gasteiger partial charge is 0.494 e. The molecule has 10 nitrogen and oxygen atoms in total. The molecule has 0 bridgehead atoms. The highest BCUT2D eigenvalue weighted by Crippen LogP contribution is 2.36. The highest BCUT2D eigenvalue weighted by Gasteiger charge is 2.28. The zero-order chi connectivity index (χ0) is 27.5. The number of ether oxygens (including phenoxy) is 2. The van der Waals surface area contributed by atoms with Gasteiger partial charge in [-0.1, -0.05) is 17.3 Å². The summed E-state index contributed by atoms with van der Waals surface area (Å²) in [6.45, 7) is 0.186. The van der Waals surface area contributed by atoms with Crippen molar-refractivity contribution in [2.24, 2.45) is 5.92 Å². The number of nitrogens with zero attached hydrogens (tertiary/aromatic N) is 5. The Kier molecular flexibility index (Phi) is 7.65. The number of hydrogen-bond acceptors (Lipinski definition) is 9. The summed E-state index contributed by atoms with van der Waals surface area (Å²) in [5.41, 5.74) is 0.0426. The van der Waals surface area contributed by atoms with Gasteiger partial charge in [-0.25, -0.2) is 13.8 Å². The molecule has 1 N–H and O–H groups in total. The summed E-state index contributed by atoms with van der Waals surface area (Å²) in [5.74, 6) is 6.22. The van der Waals surface area contributed by atoms with E-state index in [4.69, 9.17) is 9.47 Å². The van der Waals surface area contributed by atoms with Crippen LogP contribution in [0.1, 0.15) is 53.2 Å². The molecule has 2 fully saturated rings. The molecule has 39 heavy (non-hydrogen) atoms. The topological polar surface area (TPSA) is 119 Å². The molecule has 1 saturated heterocycles. The fourth-order valence-electron chi connectivity index (χ4n) is 3.99. The fraction of sp³-hybridized carbons (Fsp3) is 0.385. The lowest BCUT2D eigenvalue weighted by Gasteiger charge is -2.20. The lowest BCUT2D eigenvalue weighted by atomic mass is 10.00. The number of halogens is 2. The van der Waals surface area contributed by atoms with E-state index in [0.717, 1.165) is 24.2 Å². The molecule has 3 aromatic rings. The van der Waals surface area contributed by atoms with E-state index in [1.807, 2.05) is 0 Å². The molecule has 1 aliphatic carbocycles. The van der Waals surface area contributed by atoms with Crippen LogP contribution in [0.5, 0.6) is 11.6 Å². The van der Waals surface area contributed by atoms with Crippen LogP contribution in [0.3, 0.4) is 0 Å². The summed E-state index contributed by atoms with van der Waals surface area (Å²) < 4.78 is 38.3. The summed E-state index contributed by atoms with van der Waals surface area (Å²) >= 11 is 1.13. The average molecular weight is 555 g/mol. The van der Waals surface area contributed by atoms with Crippen molar-refractivity contribution in [3.05, 3.63) is 40.8 Å². The van der Waals surface area contributed by atoms with Crippen LogP contribution in [-0.4, -0.2) is 63.7 Å². The Balaban J connectivity index is 1.46. The van der Waals surface area contributed by atoms with Gasteiger partial charge in [-0.15, -0.1) is 10.2 Å². The molecule has 3 aromatic heterocycles. The Morgan fingerprint density at radius 1 is 1.21 bits per heavy atom. The molecule has 13 heteroatoms. The first-order valence-corrected chi connectivity index (χ1v) is 13.0. The van der Waals surface area contributed by atoms with Crippen molar-refractivity contribution < 1.29 is 27.8 Å². The number of rotatable bonds is 8. The first-order chi connectivity index (χ1) is 18.8. The van der Waals surface area contributed by atoms with Crippen molar-refractivity contribution in [3.63, 3.8) is 0 Å². The molecular weight excluding hydrogens is 530 g/mol. The number of likely N-dealkylation sites (N-methyl/N-ethyl adjacent to an activating group) is 1. The van der Waals surface area contributed by atoms with Crippen LogP contribution in [-0.2, 0) is 4.79 Å². The fourth-order valence-corrected chi connectivity index (χ4v) is 4.59. The Bertz CT molecular complexity index is 1470. The third kappa shape index (κ3) is 6.12. The van der Waals surface area contributed by atoms with Gasteiger partial charge in [-0.3, -0.25) is 19.9 Å². The first kappa shape index (κ1) is 26.4. The molecule has 2 amide bonds. The predicted molar refractivity (Wildman–Crippen MR) is 138 cm³/mol.